The number of carbonyl (C=O) groups excluding carboxylic acids is 1. The molecule has 0 aromatic heterocycles. The predicted molar refractivity (Wildman–Crippen MR) is 77.5 cm³/mol. The fraction of sp³-hybridized carbons (Fsp3) is 0.562. The first-order chi connectivity index (χ1) is 8.81. The van der Waals surface area contributed by atoms with Gasteiger partial charge in [0.15, 0.2) is 5.78 Å². The van der Waals surface area contributed by atoms with Gasteiger partial charge in [0.25, 0.3) is 0 Å². The number of hydrogen-bond donors (Lipinski definition) is 0. The number of hydrogen-bond acceptors (Lipinski definition) is 2. The highest BCUT2D eigenvalue weighted by Crippen LogP contribution is 2.37. The van der Waals surface area contributed by atoms with Crippen molar-refractivity contribution in [3.8, 4) is 0 Å². The van der Waals surface area contributed by atoms with Crippen molar-refractivity contribution in [3.63, 3.8) is 0 Å². The van der Waals surface area contributed by atoms with E-state index in [2.05, 4.69) is 20.8 Å². The van der Waals surface area contributed by atoms with Gasteiger partial charge in [0.05, 0.1) is 6.61 Å². The zero-order valence-corrected chi connectivity index (χ0v) is 12.6. The molecule has 1 fully saturated rings. The molecule has 3 heteroatoms. The molecule has 1 unspecified atom stereocenters. The Balaban J connectivity index is 1.91. The Morgan fingerprint density at radius 3 is 2.37 bits per heavy atom. The first-order valence-electron chi connectivity index (χ1n) is 6.73. The molecule has 0 saturated carbocycles. The van der Waals surface area contributed by atoms with Crippen LogP contribution < -0.4 is 0 Å². The number of ether oxygens (including phenoxy) is 1. The molecule has 104 valence electrons. The van der Waals surface area contributed by atoms with Crippen molar-refractivity contribution in [2.24, 2.45) is 5.41 Å². The molecule has 1 heterocycles. The maximum absolute atomic E-state index is 12.3. The molecule has 0 N–H and O–H groups in total. The predicted octanol–water partition coefficient (Wildman–Crippen LogP) is 4.05. The molecule has 0 bridgehead atoms. The Morgan fingerprint density at radius 2 is 1.89 bits per heavy atom. The largest absolute Gasteiger partial charge is 0.361 e. The molecule has 0 spiro atoms. The molecule has 0 amide bonds. The molecule has 19 heavy (non-hydrogen) atoms. The third kappa shape index (κ3) is 4.05. The zero-order valence-electron chi connectivity index (χ0n) is 11.8. The third-order valence-electron chi connectivity index (χ3n) is 3.42. The maximum Gasteiger partial charge on any atom is 0.167 e. The molecule has 1 aliphatic rings. The molecule has 1 saturated heterocycles. The van der Waals surface area contributed by atoms with Crippen LogP contribution in [0, 0.1) is 5.41 Å². The van der Waals surface area contributed by atoms with Gasteiger partial charge in [0, 0.05) is 11.4 Å². The second-order valence-electron chi connectivity index (χ2n) is 6.57. The van der Waals surface area contributed by atoms with Gasteiger partial charge in [-0.25, -0.2) is 0 Å². The SMILES string of the molecule is CC(C)(C)CC(=O)C1(CCc2ccc(Cl)cc2)CO1. The van der Waals surface area contributed by atoms with E-state index in [0.717, 1.165) is 17.9 Å². The maximum atomic E-state index is 12.3. The molecule has 0 aliphatic carbocycles. The molecule has 1 aromatic rings. The molecule has 1 aromatic carbocycles. The minimum absolute atomic E-state index is 0.0241. The van der Waals surface area contributed by atoms with Crippen molar-refractivity contribution >= 4 is 17.4 Å². The number of epoxide rings is 1. The standard InChI is InChI=1S/C16H21ClO2/c1-15(2,3)10-14(18)16(11-19-16)9-8-12-4-6-13(17)7-5-12/h4-7H,8-11H2,1-3H3. The summed E-state index contributed by atoms with van der Waals surface area (Å²) in [6.07, 6.45) is 2.20. The highest BCUT2D eigenvalue weighted by Gasteiger charge is 2.51. The molecule has 2 rings (SSSR count). The summed E-state index contributed by atoms with van der Waals surface area (Å²) in [6, 6.07) is 7.78. The van der Waals surface area contributed by atoms with Crippen molar-refractivity contribution in [2.75, 3.05) is 6.61 Å². The molecular weight excluding hydrogens is 260 g/mol. The lowest BCUT2D eigenvalue weighted by Gasteiger charge is -2.20. The van der Waals surface area contributed by atoms with E-state index in [1.165, 1.54) is 5.56 Å². The highest BCUT2D eigenvalue weighted by atomic mass is 35.5. The number of carbonyl (C=O) groups is 1. The summed E-state index contributed by atoms with van der Waals surface area (Å²) < 4.78 is 5.47. The Labute approximate surface area is 120 Å². The van der Waals surface area contributed by atoms with Gasteiger partial charge in [-0.1, -0.05) is 44.5 Å². The summed E-state index contributed by atoms with van der Waals surface area (Å²) >= 11 is 5.86. The van der Waals surface area contributed by atoms with Crippen LogP contribution in [0.3, 0.4) is 0 Å². The Hall–Kier alpha value is -0.860. The van der Waals surface area contributed by atoms with Gasteiger partial charge in [-0.2, -0.15) is 0 Å². The van der Waals surface area contributed by atoms with E-state index in [4.69, 9.17) is 16.3 Å². The fourth-order valence-corrected chi connectivity index (χ4v) is 2.30. The van der Waals surface area contributed by atoms with Gasteiger partial charge in [0.1, 0.15) is 5.60 Å². The Kier molecular flexibility index (Phi) is 4.03. The van der Waals surface area contributed by atoms with E-state index in [9.17, 15) is 4.79 Å². The first kappa shape index (κ1) is 14.5. The van der Waals surface area contributed by atoms with Gasteiger partial charge in [0.2, 0.25) is 0 Å². The summed E-state index contributed by atoms with van der Waals surface area (Å²) in [7, 11) is 0. The second kappa shape index (κ2) is 5.26. The number of ketones is 1. The van der Waals surface area contributed by atoms with Crippen LogP contribution in [0.5, 0.6) is 0 Å². The smallest absolute Gasteiger partial charge is 0.167 e. The number of Topliss-reactive ketones (excluding diaryl/α,β-unsaturated/α-hetero) is 1. The number of benzene rings is 1. The number of halogens is 1. The minimum atomic E-state index is -0.507. The average Bonchev–Trinajstić information content (AvgIpc) is 3.07. The topological polar surface area (TPSA) is 29.6 Å². The molecular formula is C16H21ClO2. The first-order valence-corrected chi connectivity index (χ1v) is 7.10. The lowest BCUT2D eigenvalue weighted by atomic mass is 9.84. The summed E-state index contributed by atoms with van der Waals surface area (Å²) in [5.74, 6) is 0.244. The average molecular weight is 281 g/mol. The van der Waals surface area contributed by atoms with Crippen molar-refractivity contribution in [1.82, 2.24) is 0 Å². The van der Waals surface area contributed by atoms with Crippen molar-refractivity contribution in [1.29, 1.82) is 0 Å². The van der Waals surface area contributed by atoms with Crippen LogP contribution in [0.15, 0.2) is 24.3 Å². The minimum Gasteiger partial charge on any atom is -0.361 e. The van der Waals surface area contributed by atoms with E-state index in [-0.39, 0.29) is 11.2 Å². The lowest BCUT2D eigenvalue weighted by molar-refractivity contribution is -0.126. The van der Waals surface area contributed by atoms with Crippen LogP contribution in [0.4, 0.5) is 0 Å². The highest BCUT2D eigenvalue weighted by molar-refractivity contribution is 6.30. The fourth-order valence-electron chi connectivity index (χ4n) is 2.17. The molecule has 0 radical (unpaired) electrons. The van der Waals surface area contributed by atoms with Gasteiger partial charge in [-0.05, 0) is 36.0 Å². The van der Waals surface area contributed by atoms with Crippen LogP contribution in [0.2, 0.25) is 5.02 Å². The number of aryl methyl sites for hydroxylation is 1. The molecule has 2 nitrogen and oxygen atoms in total. The van der Waals surface area contributed by atoms with E-state index in [0.29, 0.717) is 13.0 Å². The van der Waals surface area contributed by atoms with Crippen LogP contribution in [-0.4, -0.2) is 18.0 Å². The van der Waals surface area contributed by atoms with Crippen LogP contribution in [0.1, 0.15) is 39.2 Å². The Morgan fingerprint density at radius 1 is 1.32 bits per heavy atom. The molecule has 1 atom stereocenters. The van der Waals surface area contributed by atoms with E-state index >= 15 is 0 Å². The summed E-state index contributed by atoms with van der Waals surface area (Å²) in [5, 5.41) is 0.741. The zero-order chi connectivity index (χ0) is 14.1. The van der Waals surface area contributed by atoms with Crippen LogP contribution in [-0.2, 0) is 16.0 Å². The third-order valence-corrected chi connectivity index (χ3v) is 3.67. The van der Waals surface area contributed by atoms with E-state index in [1.54, 1.807) is 0 Å². The summed E-state index contributed by atoms with van der Waals surface area (Å²) in [4.78, 5) is 12.3. The van der Waals surface area contributed by atoms with Gasteiger partial charge in [-0.3, -0.25) is 4.79 Å². The van der Waals surface area contributed by atoms with Crippen molar-refractivity contribution in [2.45, 2.75) is 45.6 Å². The summed E-state index contributed by atoms with van der Waals surface area (Å²) in [6.45, 7) is 6.83. The van der Waals surface area contributed by atoms with E-state index < -0.39 is 5.60 Å². The molecule has 1 aliphatic heterocycles. The monoisotopic (exact) mass is 280 g/mol. The van der Waals surface area contributed by atoms with Crippen molar-refractivity contribution in [3.05, 3.63) is 34.9 Å². The van der Waals surface area contributed by atoms with E-state index in [1.807, 2.05) is 24.3 Å². The van der Waals surface area contributed by atoms with Crippen molar-refractivity contribution < 1.29 is 9.53 Å². The lowest BCUT2D eigenvalue weighted by Crippen LogP contribution is -2.29. The normalized spacial score (nSPS) is 22.3. The quantitative estimate of drug-likeness (QED) is 0.762. The Bertz CT molecular complexity index is 453. The second-order valence-corrected chi connectivity index (χ2v) is 7.01. The van der Waals surface area contributed by atoms with Gasteiger partial charge >= 0.3 is 0 Å². The summed E-state index contributed by atoms with van der Waals surface area (Å²) in [5.41, 5.74) is 0.714. The van der Waals surface area contributed by atoms with Crippen LogP contribution in [0.25, 0.3) is 0 Å². The van der Waals surface area contributed by atoms with Gasteiger partial charge < -0.3 is 4.74 Å². The van der Waals surface area contributed by atoms with Crippen LogP contribution >= 0.6 is 11.6 Å². The van der Waals surface area contributed by atoms with Gasteiger partial charge in [-0.15, -0.1) is 0 Å². The number of rotatable bonds is 5.